The van der Waals surface area contributed by atoms with E-state index in [4.69, 9.17) is 16.3 Å². The Hall–Kier alpha value is -5.12. The molecule has 1 unspecified atom stereocenters. The largest absolute Gasteiger partial charge is 0.494 e. The highest BCUT2D eigenvalue weighted by Gasteiger charge is 2.31. The number of sulfonamides is 1. The average molecular weight is 814 g/mol. The lowest BCUT2D eigenvalue weighted by Gasteiger charge is -2.40. The summed E-state index contributed by atoms with van der Waals surface area (Å²) >= 11 is 6.52. The molecule has 14 nitrogen and oxygen atoms in total. The number of carbonyl (C=O) groups excluding carboxylic acids is 2. The van der Waals surface area contributed by atoms with Gasteiger partial charge in [-0.1, -0.05) is 35.9 Å². The van der Waals surface area contributed by atoms with Crippen molar-refractivity contribution in [3.05, 3.63) is 83.0 Å². The van der Waals surface area contributed by atoms with Crippen molar-refractivity contribution in [1.29, 1.82) is 0 Å². The number of piperazine rings is 1. The van der Waals surface area contributed by atoms with E-state index < -0.39 is 10.0 Å². The van der Waals surface area contributed by atoms with E-state index in [0.29, 0.717) is 71.3 Å². The zero-order valence-corrected chi connectivity index (χ0v) is 33.8. The van der Waals surface area contributed by atoms with E-state index in [1.165, 1.54) is 22.4 Å². The SMILES string of the molecule is COc1cc(N2CCN(CC3CCN(c4ccc(C5CCC(=O)NC5=O)cc4)CC3)CC2)ccc1Nc1ncc(Cl)c(Nc2cccc3c2N(S(C)(=O)=O)CC3)n1. The van der Waals surface area contributed by atoms with Crippen LogP contribution in [0.1, 0.15) is 42.7 Å². The predicted octanol–water partition coefficient (Wildman–Crippen LogP) is 5.51. The van der Waals surface area contributed by atoms with E-state index in [2.05, 4.69) is 58.8 Å². The van der Waals surface area contributed by atoms with Crippen molar-refractivity contribution in [1.82, 2.24) is 20.2 Å². The van der Waals surface area contributed by atoms with E-state index in [1.54, 1.807) is 7.11 Å². The van der Waals surface area contributed by atoms with Crippen LogP contribution in [-0.2, 0) is 26.0 Å². The standard InChI is InChI=1S/C41H48ClN9O5S/c1-56-36-24-31(10-12-34(36)45-41-43-25-33(42)39(47-41)44-35-5-3-4-29-16-19-51(38(29)35)57(2,54)55)50-22-20-48(21-23-50)26-27-14-17-49(18-15-27)30-8-6-28(7-9-30)32-11-13-37(52)46-40(32)53/h3-10,12,24-25,27,32H,11,13-23,26H2,1-2H3,(H,46,52,53)(H2,43,44,45,47). The number of rotatable bonds is 11. The number of methoxy groups -OCH3 is 1. The zero-order valence-electron chi connectivity index (χ0n) is 32.2. The number of nitrogens with zero attached hydrogens (tertiary/aromatic N) is 6. The van der Waals surface area contributed by atoms with Crippen molar-refractivity contribution in [2.75, 3.05) is 90.5 Å². The molecule has 4 aliphatic heterocycles. The third-order valence-corrected chi connectivity index (χ3v) is 13.0. The number of carbonyl (C=O) groups is 2. The lowest BCUT2D eigenvalue weighted by atomic mass is 9.90. The van der Waals surface area contributed by atoms with Gasteiger partial charge in [-0.15, -0.1) is 0 Å². The van der Waals surface area contributed by atoms with Crippen molar-refractivity contribution in [3.8, 4) is 5.75 Å². The van der Waals surface area contributed by atoms with Gasteiger partial charge in [0.05, 0.1) is 42.5 Å². The molecule has 3 saturated heterocycles. The molecule has 57 heavy (non-hydrogen) atoms. The fourth-order valence-electron chi connectivity index (χ4n) is 8.45. The maximum Gasteiger partial charge on any atom is 0.234 e. The summed E-state index contributed by atoms with van der Waals surface area (Å²) in [5.41, 5.74) is 6.09. The van der Waals surface area contributed by atoms with Gasteiger partial charge in [-0.2, -0.15) is 4.98 Å². The van der Waals surface area contributed by atoms with Gasteiger partial charge in [-0.05, 0) is 73.1 Å². The minimum Gasteiger partial charge on any atom is -0.494 e. The molecule has 1 aromatic heterocycles. The van der Waals surface area contributed by atoms with Crippen LogP contribution in [0.4, 0.5) is 40.2 Å². The summed E-state index contributed by atoms with van der Waals surface area (Å²) in [5.74, 6) is 1.34. The van der Waals surface area contributed by atoms with Crippen molar-refractivity contribution in [2.45, 2.75) is 38.0 Å². The molecule has 4 aliphatic rings. The van der Waals surface area contributed by atoms with Gasteiger partial charge in [0.2, 0.25) is 27.8 Å². The molecular formula is C41H48ClN9O5S. The van der Waals surface area contributed by atoms with Crippen LogP contribution in [-0.4, -0.2) is 101 Å². The predicted molar refractivity (Wildman–Crippen MR) is 224 cm³/mol. The summed E-state index contributed by atoms with van der Waals surface area (Å²) in [4.78, 5) is 40.3. The topological polar surface area (TPSA) is 152 Å². The van der Waals surface area contributed by atoms with Gasteiger partial charge in [0.1, 0.15) is 10.8 Å². The summed E-state index contributed by atoms with van der Waals surface area (Å²) in [6.07, 6.45) is 6.59. The number of nitrogens with one attached hydrogen (secondary N) is 3. The summed E-state index contributed by atoms with van der Waals surface area (Å²) < 4.78 is 32.2. The Morgan fingerprint density at radius 2 is 1.60 bits per heavy atom. The number of amides is 2. The first-order valence-corrected chi connectivity index (χ1v) is 21.7. The third kappa shape index (κ3) is 8.60. The molecule has 16 heteroatoms. The highest BCUT2D eigenvalue weighted by molar-refractivity contribution is 7.92. The molecule has 0 bridgehead atoms. The monoisotopic (exact) mass is 813 g/mol. The van der Waals surface area contributed by atoms with Gasteiger partial charge in [-0.3, -0.25) is 24.1 Å². The molecule has 5 heterocycles. The molecule has 8 rings (SSSR count). The van der Waals surface area contributed by atoms with Crippen LogP contribution in [0.2, 0.25) is 5.02 Å². The number of ether oxygens (including phenoxy) is 1. The van der Waals surface area contributed by atoms with E-state index in [0.717, 1.165) is 75.5 Å². The Labute approximate surface area is 338 Å². The summed E-state index contributed by atoms with van der Waals surface area (Å²) in [5, 5.41) is 9.27. The number of aromatic nitrogens is 2. The van der Waals surface area contributed by atoms with Crippen LogP contribution in [0.3, 0.4) is 0 Å². The molecule has 0 spiro atoms. The average Bonchev–Trinajstić information content (AvgIpc) is 3.67. The Morgan fingerprint density at radius 1 is 0.860 bits per heavy atom. The van der Waals surface area contributed by atoms with Crippen LogP contribution < -0.4 is 34.8 Å². The highest BCUT2D eigenvalue weighted by atomic mass is 35.5. The molecule has 3 N–H and O–H groups in total. The van der Waals surface area contributed by atoms with E-state index >= 15 is 0 Å². The normalized spacial score (nSPS) is 19.4. The molecule has 0 aliphatic carbocycles. The number of hydrogen-bond donors (Lipinski definition) is 3. The van der Waals surface area contributed by atoms with E-state index in [1.807, 2.05) is 42.5 Å². The molecule has 2 amide bonds. The Kier molecular flexibility index (Phi) is 11.1. The molecule has 1 atom stereocenters. The third-order valence-electron chi connectivity index (χ3n) is 11.6. The van der Waals surface area contributed by atoms with Crippen molar-refractivity contribution >= 4 is 73.6 Å². The number of imide groups is 1. The first kappa shape index (κ1) is 38.7. The molecule has 0 saturated carbocycles. The number of halogens is 1. The van der Waals surface area contributed by atoms with Crippen LogP contribution in [0, 0.1) is 5.92 Å². The van der Waals surface area contributed by atoms with E-state index in [-0.39, 0.29) is 17.7 Å². The highest BCUT2D eigenvalue weighted by Crippen LogP contribution is 2.40. The molecule has 0 radical (unpaired) electrons. The fourth-order valence-corrected chi connectivity index (χ4v) is 9.56. The van der Waals surface area contributed by atoms with Gasteiger partial charge >= 0.3 is 0 Å². The van der Waals surface area contributed by atoms with Crippen LogP contribution in [0.5, 0.6) is 5.75 Å². The maximum atomic E-state index is 12.5. The maximum absolute atomic E-state index is 12.5. The number of piperidine rings is 2. The second-order valence-electron chi connectivity index (χ2n) is 15.2. The first-order chi connectivity index (χ1) is 27.5. The number of benzene rings is 3. The molecule has 3 aromatic carbocycles. The zero-order chi connectivity index (χ0) is 39.7. The quantitative estimate of drug-likeness (QED) is 0.164. The minimum absolute atomic E-state index is 0.185. The second kappa shape index (κ2) is 16.4. The number of para-hydroxylation sites is 1. The Balaban J connectivity index is 0.834. The van der Waals surface area contributed by atoms with Crippen LogP contribution in [0.25, 0.3) is 0 Å². The number of fused-ring (bicyclic) bond motifs is 1. The van der Waals surface area contributed by atoms with Crippen molar-refractivity contribution in [2.24, 2.45) is 5.92 Å². The summed E-state index contributed by atoms with van der Waals surface area (Å²) in [6, 6.07) is 20.0. The van der Waals surface area contributed by atoms with Crippen molar-refractivity contribution < 1.29 is 22.7 Å². The van der Waals surface area contributed by atoms with Gasteiger partial charge in [0.25, 0.3) is 0 Å². The fraction of sp³-hybridized carbons (Fsp3) is 0.415. The smallest absolute Gasteiger partial charge is 0.234 e. The van der Waals surface area contributed by atoms with E-state index in [9.17, 15) is 18.0 Å². The molecule has 4 aromatic rings. The minimum atomic E-state index is -3.45. The summed E-state index contributed by atoms with van der Waals surface area (Å²) in [6.45, 7) is 7.34. The first-order valence-electron chi connectivity index (χ1n) is 19.5. The number of hydrogen-bond acceptors (Lipinski definition) is 12. The Bertz CT molecular complexity index is 2240. The molecule has 300 valence electrons. The summed E-state index contributed by atoms with van der Waals surface area (Å²) in [7, 11) is -1.81. The van der Waals surface area contributed by atoms with Crippen molar-refractivity contribution in [3.63, 3.8) is 0 Å². The Morgan fingerprint density at radius 3 is 2.32 bits per heavy atom. The van der Waals surface area contributed by atoms with Gasteiger partial charge < -0.3 is 25.2 Å². The number of anilines is 7. The molecular weight excluding hydrogens is 766 g/mol. The lowest BCUT2D eigenvalue weighted by molar-refractivity contribution is -0.134. The van der Waals surface area contributed by atoms with Gasteiger partial charge in [0, 0.05) is 76.2 Å². The van der Waals surface area contributed by atoms with Crippen LogP contribution >= 0.6 is 11.6 Å². The van der Waals surface area contributed by atoms with Gasteiger partial charge in [-0.25, -0.2) is 13.4 Å². The second-order valence-corrected chi connectivity index (χ2v) is 17.6. The van der Waals surface area contributed by atoms with Gasteiger partial charge in [0.15, 0.2) is 5.82 Å². The van der Waals surface area contributed by atoms with Crippen LogP contribution in [0.15, 0.2) is 66.9 Å². The lowest BCUT2D eigenvalue weighted by Crippen LogP contribution is -2.49. The molecule has 3 fully saturated rings.